The van der Waals surface area contributed by atoms with E-state index in [2.05, 4.69) is 46.4 Å². The molecule has 7 heteroatoms. The molecule has 0 aliphatic heterocycles. The second kappa shape index (κ2) is 10.7. The molecule has 0 bridgehead atoms. The summed E-state index contributed by atoms with van der Waals surface area (Å²) in [5.41, 5.74) is 3.43. The smallest absolute Gasteiger partial charge is 0.194 e. The van der Waals surface area contributed by atoms with Gasteiger partial charge in [0, 0.05) is 50.7 Å². The number of fused-ring (bicyclic) bond motifs is 1. The van der Waals surface area contributed by atoms with Gasteiger partial charge in [0.25, 0.3) is 0 Å². The van der Waals surface area contributed by atoms with Gasteiger partial charge in [-0.05, 0) is 31.0 Å². The van der Waals surface area contributed by atoms with E-state index < -0.39 is 0 Å². The average Bonchev–Trinajstić information content (AvgIpc) is 2.98. The minimum absolute atomic E-state index is 0. The number of guanidine groups is 1. The highest BCUT2D eigenvalue weighted by Gasteiger charge is 2.10. The summed E-state index contributed by atoms with van der Waals surface area (Å²) >= 11 is 6.10. The van der Waals surface area contributed by atoms with Crippen molar-refractivity contribution in [1.29, 1.82) is 0 Å². The van der Waals surface area contributed by atoms with Gasteiger partial charge >= 0.3 is 0 Å². The Morgan fingerprint density at radius 2 is 2.07 bits per heavy atom. The van der Waals surface area contributed by atoms with Gasteiger partial charge in [0.15, 0.2) is 5.96 Å². The lowest BCUT2D eigenvalue weighted by Gasteiger charge is -2.22. The number of aromatic nitrogens is 2. The Morgan fingerprint density at radius 3 is 2.79 bits per heavy atom. The van der Waals surface area contributed by atoms with Crippen molar-refractivity contribution in [3.05, 3.63) is 65.1 Å². The molecule has 5 nitrogen and oxygen atoms in total. The number of pyridine rings is 1. The lowest BCUT2D eigenvalue weighted by Crippen LogP contribution is -2.39. The van der Waals surface area contributed by atoms with Crippen molar-refractivity contribution in [1.82, 2.24) is 19.8 Å². The first-order valence-electron chi connectivity index (χ1n) is 9.21. The van der Waals surface area contributed by atoms with Crippen LogP contribution >= 0.6 is 35.6 Å². The molecule has 3 aromatic rings. The highest BCUT2D eigenvalue weighted by molar-refractivity contribution is 14.0. The maximum Gasteiger partial charge on any atom is 0.194 e. The molecule has 0 aliphatic carbocycles. The topological polar surface area (TPSA) is 45.5 Å². The molecule has 150 valence electrons. The monoisotopic (exact) mass is 511 g/mol. The lowest BCUT2D eigenvalue weighted by molar-refractivity contribution is 0.462. The van der Waals surface area contributed by atoms with Gasteiger partial charge in [0.05, 0.1) is 17.1 Å². The first kappa shape index (κ1) is 22.5. The number of benzene rings is 1. The van der Waals surface area contributed by atoms with Crippen LogP contribution in [-0.4, -0.2) is 40.5 Å². The highest BCUT2D eigenvalue weighted by Crippen LogP contribution is 2.17. The molecule has 0 atom stereocenters. The van der Waals surface area contributed by atoms with Gasteiger partial charge < -0.3 is 14.8 Å². The van der Waals surface area contributed by atoms with Gasteiger partial charge in [-0.1, -0.05) is 35.9 Å². The fraction of sp³-hybridized carbons (Fsp3) is 0.333. The molecule has 28 heavy (non-hydrogen) atoms. The molecule has 2 aromatic heterocycles. The Labute approximate surface area is 188 Å². The van der Waals surface area contributed by atoms with Crippen molar-refractivity contribution < 1.29 is 0 Å². The number of hydrogen-bond acceptors (Lipinski definition) is 2. The summed E-state index contributed by atoms with van der Waals surface area (Å²) in [4.78, 5) is 11.5. The molecule has 0 fully saturated rings. The molecular formula is C21H27ClIN5. The minimum Gasteiger partial charge on any atom is -0.357 e. The number of rotatable bonds is 6. The van der Waals surface area contributed by atoms with Gasteiger partial charge in [-0.2, -0.15) is 0 Å². The number of nitrogens with one attached hydrogen (secondary N) is 1. The summed E-state index contributed by atoms with van der Waals surface area (Å²) in [7, 11) is 4.05. The van der Waals surface area contributed by atoms with E-state index in [-0.39, 0.29) is 24.0 Å². The number of nitrogens with zero attached hydrogens (tertiary/aromatic N) is 4. The summed E-state index contributed by atoms with van der Waals surface area (Å²) in [5.74, 6) is 0.892. The van der Waals surface area contributed by atoms with Crippen molar-refractivity contribution in [2.75, 3.05) is 20.1 Å². The molecule has 2 heterocycles. The maximum absolute atomic E-state index is 6.10. The van der Waals surface area contributed by atoms with Crippen molar-refractivity contribution in [3.63, 3.8) is 0 Å². The Bertz CT molecular complexity index is 932. The Balaban J connectivity index is 0.00000280. The zero-order chi connectivity index (χ0) is 19.2. The summed E-state index contributed by atoms with van der Waals surface area (Å²) in [6.07, 6.45) is 4.62. The fourth-order valence-electron chi connectivity index (χ4n) is 3.16. The first-order valence-corrected chi connectivity index (χ1v) is 9.59. The first-order chi connectivity index (χ1) is 13.1. The molecule has 1 N–H and O–H groups in total. The van der Waals surface area contributed by atoms with E-state index >= 15 is 0 Å². The summed E-state index contributed by atoms with van der Waals surface area (Å²) < 4.78 is 2.05. The number of halogens is 2. The van der Waals surface area contributed by atoms with Gasteiger partial charge in [-0.3, -0.25) is 9.98 Å². The number of aliphatic imine (C=N–C) groups is 1. The third kappa shape index (κ3) is 5.61. The zero-order valence-electron chi connectivity index (χ0n) is 16.5. The van der Waals surface area contributed by atoms with Gasteiger partial charge in [-0.15, -0.1) is 24.0 Å². The fourth-order valence-corrected chi connectivity index (χ4v) is 3.43. The van der Waals surface area contributed by atoms with E-state index in [0.717, 1.165) is 41.7 Å². The normalized spacial score (nSPS) is 11.4. The van der Waals surface area contributed by atoms with Crippen LogP contribution in [0.3, 0.4) is 0 Å². The second-order valence-electron chi connectivity index (χ2n) is 6.59. The van der Waals surface area contributed by atoms with Crippen molar-refractivity contribution in [2.24, 2.45) is 12.0 Å². The Kier molecular flexibility index (Phi) is 8.57. The third-order valence-electron chi connectivity index (χ3n) is 4.53. The molecule has 3 rings (SSSR count). The van der Waals surface area contributed by atoms with Crippen molar-refractivity contribution in [2.45, 2.75) is 19.9 Å². The van der Waals surface area contributed by atoms with E-state index in [4.69, 9.17) is 16.6 Å². The van der Waals surface area contributed by atoms with Crippen LogP contribution in [0.25, 0.3) is 10.9 Å². The lowest BCUT2D eigenvalue weighted by atomic mass is 10.1. The molecule has 0 amide bonds. The third-order valence-corrected chi connectivity index (χ3v) is 4.74. The van der Waals surface area contributed by atoms with Crippen LogP contribution in [0.4, 0.5) is 0 Å². The van der Waals surface area contributed by atoms with Gasteiger partial charge in [0.1, 0.15) is 0 Å². The molecule has 0 radical (unpaired) electrons. The number of hydrogen-bond donors (Lipinski definition) is 1. The standard InChI is InChI=1S/C21H26ClN5.HI/c1-4-23-21(27(3)15-19-13-18(22)14-26(19)2)25-12-10-17-8-5-7-16-9-6-11-24-20(16)17;/h5-9,11,13-14H,4,10,12,15H2,1-3H3,(H,23,25);1H. The quantitative estimate of drug-likeness (QED) is 0.301. The second-order valence-corrected chi connectivity index (χ2v) is 7.03. The largest absolute Gasteiger partial charge is 0.357 e. The van der Waals surface area contributed by atoms with Gasteiger partial charge in [-0.25, -0.2) is 0 Å². The van der Waals surface area contributed by atoms with Crippen LogP contribution < -0.4 is 5.32 Å². The predicted octanol–water partition coefficient (Wildman–Crippen LogP) is 4.48. The van der Waals surface area contributed by atoms with Crippen molar-refractivity contribution in [3.8, 4) is 0 Å². The highest BCUT2D eigenvalue weighted by atomic mass is 127. The molecule has 0 saturated carbocycles. The molecule has 1 aromatic carbocycles. The van der Waals surface area contributed by atoms with Crippen molar-refractivity contribution >= 4 is 52.4 Å². The van der Waals surface area contributed by atoms with E-state index in [9.17, 15) is 0 Å². The van der Waals surface area contributed by atoms with Crippen LogP contribution in [0.15, 0.2) is 53.8 Å². The summed E-state index contributed by atoms with van der Waals surface area (Å²) in [6.45, 7) is 4.35. The molecule has 0 unspecified atom stereocenters. The minimum atomic E-state index is 0. The van der Waals surface area contributed by atoms with E-state index in [0.29, 0.717) is 6.54 Å². The Morgan fingerprint density at radius 1 is 1.29 bits per heavy atom. The maximum atomic E-state index is 6.10. The van der Waals surface area contributed by atoms with Crippen LogP contribution in [-0.2, 0) is 20.0 Å². The Hall–Kier alpha value is -1.80. The molecular weight excluding hydrogens is 485 g/mol. The summed E-state index contributed by atoms with van der Waals surface area (Å²) in [6, 6.07) is 12.4. The zero-order valence-corrected chi connectivity index (χ0v) is 19.6. The van der Waals surface area contributed by atoms with Gasteiger partial charge in [0.2, 0.25) is 0 Å². The molecule has 0 aliphatic rings. The van der Waals surface area contributed by atoms with E-state index in [1.807, 2.05) is 43.2 Å². The number of aryl methyl sites for hydroxylation is 1. The number of para-hydroxylation sites is 1. The predicted molar refractivity (Wildman–Crippen MR) is 129 cm³/mol. The van der Waals surface area contributed by atoms with E-state index in [1.54, 1.807) is 0 Å². The van der Waals surface area contributed by atoms with Crippen LogP contribution in [0.1, 0.15) is 18.2 Å². The molecule has 0 saturated heterocycles. The van der Waals surface area contributed by atoms with Crippen LogP contribution in [0, 0.1) is 0 Å². The van der Waals surface area contributed by atoms with E-state index in [1.165, 1.54) is 10.9 Å². The SMILES string of the molecule is CCNC(=NCCc1cccc2cccnc12)N(C)Cc1cc(Cl)cn1C.I. The summed E-state index contributed by atoms with van der Waals surface area (Å²) in [5, 5.41) is 5.30. The average molecular weight is 512 g/mol. The van der Waals surface area contributed by atoms with Crippen LogP contribution in [0.5, 0.6) is 0 Å². The van der Waals surface area contributed by atoms with Crippen LogP contribution in [0.2, 0.25) is 5.02 Å². The molecule has 0 spiro atoms.